The first-order valence-electron chi connectivity index (χ1n) is 8.96. The Kier molecular flexibility index (Phi) is 6.83. The van der Waals surface area contributed by atoms with Crippen LogP contribution in [-0.2, 0) is 24.1 Å². The molecule has 0 fully saturated rings. The maximum Gasteiger partial charge on any atom is 0.220 e. The SMILES string of the molecule is CNCC(Cc1ccccc1)NC(=O)CCc1nc2c(s1)C=C(Cl)CC2. The molecule has 0 radical (unpaired) electrons. The van der Waals surface area contributed by atoms with Crippen LogP contribution in [0.1, 0.15) is 34.0 Å². The summed E-state index contributed by atoms with van der Waals surface area (Å²) in [5, 5.41) is 8.21. The maximum atomic E-state index is 12.4. The van der Waals surface area contributed by atoms with Crippen LogP contribution < -0.4 is 10.6 Å². The van der Waals surface area contributed by atoms with Crippen molar-refractivity contribution >= 4 is 34.9 Å². The zero-order chi connectivity index (χ0) is 18.4. The molecule has 1 heterocycles. The molecule has 1 unspecified atom stereocenters. The van der Waals surface area contributed by atoms with E-state index in [1.54, 1.807) is 11.3 Å². The van der Waals surface area contributed by atoms with Gasteiger partial charge < -0.3 is 10.6 Å². The van der Waals surface area contributed by atoms with Crippen molar-refractivity contribution in [3.8, 4) is 0 Å². The molecule has 2 aromatic rings. The van der Waals surface area contributed by atoms with Gasteiger partial charge in [0.05, 0.1) is 15.6 Å². The predicted molar refractivity (Wildman–Crippen MR) is 109 cm³/mol. The van der Waals surface area contributed by atoms with E-state index in [1.165, 1.54) is 5.56 Å². The van der Waals surface area contributed by atoms with Crippen molar-refractivity contribution in [3.05, 3.63) is 56.5 Å². The van der Waals surface area contributed by atoms with Gasteiger partial charge in [0.15, 0.2) is 0 Å². The molecule has 1 atom stereocenters. The molecule has 0 saturated carbocycles. The number of nitrogens with zero attached hydrogens (tertiary/aromatic N) is 1. The van der Waals surface area contributed by atoms with Crippen LogP contribution in [0.4, 0.5) is 0 Å². The lowest BCUT2D eigenvalue weighted by atomic mass is 10.1. The number of amides is 1. The Morgan fingerprint density at radius 2 is 2.12 bits per heavy atom. The highest BCUT2D eigenvalue weighted by molar-refractivity contribution is 7.12. The van der Waals surface area contributed by atoms with Gasteiger partial charge in [0.1, 0.15) is 0 Å². The molecule has 0 bridgehead atoms. The molecule has 0 saturated heterocycles. The summed E-state index contributed by atoms with van der Waals surface area (Å²) >= 11 is 7.75. The Hall–Kier alpha value is -1.69. The average molecular weight is 390 g/mol. The molecule has 4 nitrogen and oxygen atoms in total. The fraction of sp³-hybridized carbons (Fsp3) is 0.400. The van der Waals surface area contributed by atoms with Crippen molar-refractivity contribution < 1.29 is 4.79 Å². The van der Waals surface area contributed by atoms with Crippen molar-refractivity contribution in [1.82, 2.24) is 15.6 Å². The first-order valence-corrected chi connectivity index (χ1v) is 10.2. The molecule has 1 aromatic heterocycles. The Morgan fingerprint density at radius 1 is 1.31 bits per heavy atom. The van der Waals surface area contributed by atoms with Gasteiger partial charge in [0.2, 0.25) is 5.91 Å². The number of carbonyl (C=O) groups excluding carboxylic acids is 1. The zero-order valence-corrected chi connectivity index (χ0v) is 16.5. The van der Waals surface area contributed by atoms with Crippen LogP contribution >= 0.6 is 22.9 Å². The van der Waals surface area contributed by atoms with Gasteiger partial charge >= 0.3 is 0 Å². The first kappa shape index (κ1) is 19.1. The van der Waals surface area contributed by atoms with Crippen LogP contribution in [0.3, 0.4) is 0 Å². The summed E-state index contributed by atoms with van der Waals surface area (Å²) in [5.41, 5.74) is 2.34. The van der Waals surface area contributed by atoms with Gasteiger partial charge in [-0.3, -0.25) is 4.79 Å². The maximum absolute atomic E-state index is 12.4. The second-order valence-corrected chi connectivity index (χ2v) is 8.12. The number of halogens is 1. The summed E-state index contributed by atoms with van der Waals surface area (Å²) in [6.07, 6.45) is 5.72. The minimum Gasteiger partial charge on any atom is -0.352 e. The Morgan fingerprint density at radius 3 is 2.88 bits per heavy atom. The molecule has 0 aliphatic heterocycles. The van der Waals surface area contributed by atoms with Gasteiger partial charge in [-0.1, -0.05) is 41.9 Å². The molecule has 1 aliphatic rings. The number of aromatic nitrogens is 1. The van der Waals surface area contributed by atoms with Gasteiger partial charge in [0.25, 0.3) is 0 Å². The van der Waals surface area contributed by atoms with Crippen LogP contribution in [-0.4, -0.2) is 30.5 Å². The molecule has 0 spiro atoms. The number of carbonyl (C=O) groups is 1. The lowest BCUT2D eigenvalue weighted by molar-refractivity contribution is -0.121. The van der Waals surface area contributed by atoms with Gasteiger partial charge in [-0.25, -0.2) is 4.98 Å². The van der Waals surface area contributed by atoms with Gasteiger partial charge in [-0.15, -0.1) is 11.3 Å². The minimum atomic E-state index is 0.0722. The number of hydrogen-bond acceptors (Lipinski definition) is 4. The lowest BCUT2D eigenvalue weighted by Crippen LogP contribution is -2.42. The summed E-state index contributed by atoms with van der Waals surface area (Å²) in [4.78, 5) is 18.2. The second kappa shape index (κ2) is 9.31. The van der Waals surface area contributed by atoms with E-state index in [4.69, 9.17) is 11.6 Å². The number of hydrogen-bond donors (Lipinski definition) is 2. The molecular formula is C20H24ClN3OS. The highest BCUT2D eigenvalue weighted by atomic mass is 35.5. The van der Waals surface area contributed by atoms with E-state index in [2.05, 4.69) is 27.8 Å². The van der Waals surface area contributed by atoms with Crippen LogP contribution in [0, 0.1) is 0 Å². The van der Waals surface area contributed by atoms with E-state index in [-0.39, 0.29) is 11.9 Å². The number of benzene rings is 1. The standard InChI is InChI=1S/C20H24ClN3OS/c1-22-13-16(11-14-5-3-2-4-6-14)23-19(25)9-10-20-24-17-8-7-15(21)12-18(17)26-20/h2-6,12,16,22H,7-11,13H2,1H3,(H,23,25). The fourth-order valence-electron chi connectivity index (χ4n) is 3.10. The van der Waals surface area contributed by atoms with Crippen LogP contribution in [0.25, 0.3) is 6.08 Å². The summed E-state index contributed by atoms with van der Waals surface area (Å²) in [7, 11) is 1.91. The molecule has 6 heteroatoms. The number of aryl methyl sites for hydroxylation is 2. The van der Waals surface area contributed by atoms with Crippen molar-refractivity contribution in [1.29, 1.82) is 0 Å². The van der Waals surface area contributed by atoms with Crippen molar-refractivity contribution in [3.63, 3.8) is 0 Å². The average Bonchev–Trinajstić information content (AvgIpc) is 3.03. The largest absolute Gasteiger partial charge is 0.352 e. The molecule has 1 amide bonds. The predicted octanol–water partition coefficient (Wildman–Crippen LogP) is 3.55. The number of nitrogens with one attached hydrogen (secondary N) is 2. The third kappa shape index (κ3) is 5.40. The highest BCUT2D eigenvalue weighted by Gasteiger charge is 2.17. The fourth-order valence-corrected chi connectivity index (χ4v) is 4.45. The van der Waals surface area contributed by atoms with Gasteiger partial charge in [-0.2, -0.15) is 0 Å². The summed E-state index contributed by atoms with van der Waals surface area (Å²) in [6, 6.07) is 10.3. The summed E-state index contributed by atoms with van der Waals surface area (Å²) in [6.45, 7) is 0.746. The summed E-state index contributed by atoms with van der Waals surface area (Å²) < 4.78 is 0. The second-order valence-electron chi connectivity index (χ2n) is 6.52. The van der Waals surface area contributed by atoms with E-state index in [0.717, 1.165) is 46.4 Å². The van der Waals surface area contributed by atoms with Crippen molar-refractivity contribution in [2.24, 2.45) is 0 Å². The van der Waals surface area contributed by atoms with E-state index >= 15 is 0 Å². The number of likely N-dealkylation sites (N-methyl/N-ethyl adjacent to an activating group) is 1. The van der Waals surface area contributed by atoms with Crippen LogP contribution in [0.15, 0.2) is 35.4 Å². The lowest BCUT2D eigenvalue weighted by Gasteiger charge is -2.18. The van der Waals surface area contributed by atoms with Gasteiger partial charge in [0, 0.05) is 30.5 Å². The molecule has 1 aromatic carbocycles. The zero-order valence-electron chi connectivity index (χ0n) is 14.9. The minimum absolute atomic E-state index is 0.0722. The normalized spacial score (nSPS) is 14.5. The third-order valence-electron chi connectivity index (χ3n) is 4.37. The third-order valence-corrected chi connectivity index (χ3v) is 5.77. The number of fused-ring (bicyclic) bond motifs is 1. The van der Waals surface area contributed by atoms with Crippen molar-refractivity contribution in [2.75, 3.05) is 13.6 Å². The Bertz CT molecular complexity index is 773. The highest BCUT2D eigenvalue weighted by Crippen LogP contribution is 2.30. The van der Waals surface area contributed by atoms with Crippen LogP contribution in [0.5, 0.6) is 0 Å². The number of rotatable bonds is 8. The van der Waals surface area contributed by atoms with E-state index < -0.39 is 0 Å². The Balaban J connectivity index is 1.52. The first-order chi connectivity index (χ1) is 12.6. The van der Waals surface area contributed by atoms with Gasteiger partial charge in [-0.05, 0) is 37.9 Å². The van der Waals surface area contributed by atoms with E-state index in [1.807, 2.05) is 31.3 Å². The molecular weight excluding hydrogens is 366 g/mol. The van der Waals surface area contributed by atoms with E-state index in [9.17, 15) is 4.79 Å². The smallest absolute Gasteiger partial charge is 0.220 e. The number of thiazole rings is 1. The molecule has 26 heavy (non-hydrogen) atoms. The molecule has 138 valence electrons. The van der Waals surface area contributed by atoms with E-state index in [0.29, 0.717) is 12.8 Å². The summed E-state index contributed by atoms with van der Waals surface area (Å²) in [5.74, 6) is 0.0722. The molecule has 3 rings (SSSR count). The Labute approximate surface area is 163 Å². The number of allylic oxidation sites excluding steroid dienone is 1. The van der Waals surface area contributed by atoms with Crippen LogP contribution in [0.2, 0.25) is 0 Å². The monoisotopic (exact) mass is 389 g/mol. The molecule has 1 aliphatic carbocycles. The van der Waals surface area contributed by atoms with Crippen molar-refractivity contribution in [2.45, 2.75) is 38.1 Å². The quantitative estimate of drug-likeness (QED) is 0.725. The topological polar surface area (TPSA) is 54.0 Å². The molecule has 2 N–H and O–H groups in total.